The molecule has 3 aromatic rings. The van der Waals surface area contributed by atoms with Crippen LogP contribution in [0.3, 0.4) is 0 Å². The highest BCUT2D eigenvalue weighted by molar-refractivity contribution is 5.28. The van der Waals surface area contributed by atoms with Gasteiger partial charge in [-0.25, -0.2) is 9.37 Å². The lowest BCUT2D eigenvalue weighted by atomic mass is 9.90. The summed E-state index contributed by atoms with van der Waals surface area (Å²) in [5.41, 5.74) is -0.376. The van der Waals surface area contributed by atoms with E-state index in [-0.39, 0.29) is 13.2 Å². The van der Waals surface area contributed by atoms with Crippen LogP contribution in [-0.4, -0.2) is 62.7 Å². The van der Waals surface area contributed by atoms with Crippen LogP contribution in [0.15, 0.2) is 60.9 Å². The molecule has 0 spiro atoms. The topological polar surface area (TPSA) is 80.0 Å². The van der Waals surface area contributed by atoms with Gasteiger partial charge in [0, 0.05) is 51.1 Å². The van der Waals surface area contributed by atoms with Crippen LogP contribution in [0, 0.1) is 5.82 Å². The fourth-order valence-electron chi connectivity index (χ4n) is 4.46. The fraction of sp³-hybridized carbons (Fsp3) is 0.444. The van der Waals surface area contributed by atoms with E-state index in [1.807, 2.05) is 36.7 Å². The predicted octanol–water partition coefficient (Wildman–Crippen LogP) is 3.43. The van der Waals surface area contributed by atoms with Gasteiger partial charge in [0.05, 0.1) is 12.7 Å². The lowest BCUT2D eigenvalue weighted by Gasteiger charge is -2.42. The Hall–Kier alpha value is -2.94. The summed E-state index contributed by atoms with van der Waals surface area (Å²) < 4.78 is 27.2. The average Bonchev–Trinajstić information content (AvgIpc) is 3.31. The summed E-state index contributed by atoms with van der Waals surface area (Å²) in [5, 5.41) is 21.5. The van der Waals surface area contributed by atoms with Gasteiger partial charge in [-0.05, 0) is 42.7 Å². The van der Waals surface area contributed by atoms with Gasteiger partial charge in [0.1, 0.15) is 35.3 Å². The van der Waals surface area contributed by atoms with Crippen molar-refractivity contribution in [1.82, 2.24) is 14.5 Å². The Labute approximate surface area is 205 Å². The van der Waals surface area contributed by atoms with Crippen molar-refractivity contribution in [1.29, 1.82) is 0 Å². The van der Waals surface area contributed by atoms with Crippen LogP contribution in [0.4, 0.5) is 4.39 Å². The maximum atomic E-state index is 13.4. The van der Waals surface area contributed by atoms with Crippen molar-refractivity contribution < 1.29 is 24.1 Å². The van der Waals surface area contributed by atoms with Crippen LogP contribution in [0.2, 0.25) is 0 Å². The minimum atomic E-state index is -1.44. The number of rotatable bonds is 11. The Balaban J connectivity index is 1.28. The minimum Gasteiger partial charge on any atom is -0.494 e. The number of aliphatic hydroxyl groups is 2. The van der Waals surface area contributed by atoms with Crippen LogP contribution in [0.1, 0.15) is 31.2 Å². The highest BCUT2D eigenvalue weighted by atomic mass is 19.1. The zero-order chi connectivity index (χ0) is 24.7. The third-order valence-electron chi connectivity index (χ3n) is 6.36. The van der Waals surface area contributed by atoms with Crippen molar-refractivity contribution in [3.63, 3.8) is 0 Å². The van der Waals surface area contributed by atoms with Crippen molar-refractivity contribution in [3.8, 4) is 11.5 Å². The highest BCUT2D eigenvalue weighted by Gasteiger charge is 2.42. The summed E-state index contributed by atoms with van der Waals surface area (Å²) in [4.78, 5) is 6.43. The Morgan fingerprint density at radius 2 is 1.94 bits per heavy atom. The standard InChI is InChI=1S/C27H34FN3O4/c1-2-26-29-11-14-31(26)12-5-15-34-23-8-3-6-21(16-23)18-30-13-10-25(32)27(33,19-30)20-35-24-9-4-7-22(28)17-24/h3-4,6-9,11,14,16-17,25,32-33H,2,5,10,12-13,15,18-20H2,1H3/t25-,27-/m0/s1. The second-order valence-electron chi connectivity index (χ2n) is 9.10. The molecular weight excluding hydrogens is 449 g/mol. The molecular formula is C27H34FN3O4. The van der Waals surface area contributed by atoms with Crippen molar-refractivity contribution in [2.24, 2.45) is 0 Å². The molecule has 188 valence electrons. The molecule has 0 amide bonds. The van der Waals surface area contributed by atoms with Gasteiger partial charge in [0.25, 0.3) is 0 Å². The average molecular weight is 484 g/mol. The third-order valence-corrected chi connectivity index (χ3v) is 6.36. The number of aryl methyl sites for hydroxylation is 2. The minimum absolute atomic E-state index is 0.117. The summed E-state index contributed by atoms with van der Waals surface area (Å²) in [5.74, 6) is 1.81. The molecule has 1 aliphatic rings. The summed E-state index contributed by atoms with van der Waals surface area (Å²) >= 11 is 0. The van der Waals surface area contributed by atoms with E-state index in [0.29, 0.717) is 31.9 Å². The largest absolute Gasteiger partial charge is 0.494 e. The fourth-order valence-corrected chi connectivity index (χ4v) is 4.46. The Bertz CT molecular complexity index is 1090. The molecule has 1 aromatic heterocycles. The van der Waals surface area contributed by atoms with Crippen LogP contribution in [-0.2, 0) is 19.5 Å². The highest BCUT2D eigenvalue weighted by Crippen LogP contribution is 2.26. The number of benzene rings is 2. The molecule has 2 atom stereocenters. The first-order valence-electron chi connectivity index (χ1n) is 12.2. The smallest absolute Gasteiger partial charge is 0.137 e. The molecule has 4 rings (SSSR count). The number of aliphatic hydroxyl groups excluding tert-OH is 1. The number of nitrogens with zero attached hydrogens (tertiary/aromatic N) is 3. The summed E-state index contributed by atoms with van der Waals surface area (Å²) in [6, 6.07) is 13.7. The first kappa shape index (κ1) is 25.2. The Kier molecular flexibility index (Phi) is 8.38. The molecule has 35 heavy (non-hydrogen) atoms. The Morgan fingerprint density at radius 1 is 1.14 bits per heavy atom. The van der Waals surface area contributed by atoms with E-state index < -0.39 is 17.5 Å². The number of imidazole rings is 1. The summed E-state index contributed by atoms with van der Waals surface area (Å²) in [7, 11) is 0. The van der Waals surface area contributed by atoms with Gasteiger partial charge in [-0.1, -0.05) is 25.1 Å². The number of halogens is 1. The second kappa shape index (κ2) is 11.7. The molecule has 2 aromatic carbocycles. The molecule has 8 heteroatoms. The molecule has 1 fully saturated rings. The monoisotopic (exact) mass is 483 g/mol. The van der Waals surface area contributed by atoms with Crippen molar-refractivity contribution in [3.05, 3.63) is 78.1 Å². The molecule has 0 aliphatic carbocycles. The zero-order valence-corrected chi connectivity index (χ0v) is 20.1. The van der Waals surface area contributed by atoms with E-state index in [9.17, 15) is 14.6 Å². The first-order valence-corrected chi connectivity index (χ1v) is 12.2. The maximum Gasteiger partial charge on any atom is 0.137 e. The number of aromatic nitrogens is 2. The number of likely N-dealkylation sites (tertiary alicyclic amines) is 1. The quantitative estimate of drug-likeness (QED) is 0.407. The van der Waals surface area contributed by atoms with Gasteiger partial charge in [-0.2, -0.15) is 0 Å². The number of hydrogen-bond acceptors (Lipinski definition) is 6. The lowest BCUT2D eigenvalue weighted by molar-refractivity contribution is -0.140. The van der Waals surface area contributed by atoms with E-state index in [4.69, 9.17) is 9.47 Å². The molecule has 0 bridgehead atoms. The van der Waals surface area contributed by atoms with Crippen molar-refractivity contribution in [2.75, 3.05) is 26.3 Å². The van der Waals surface area contributed by atoms with E-state index in [1.165, 1.54) is 12.1 Å². The van der Waals surface area contributed by atoms with Crippen molar-refractivity contribution in [2.45, 2.75) is 51.0 Å². The SMILES string of the molecule is CCc1nccn1CCCOc1cccc(CN2CC[C@H](O)[C@@](O)(COc3cccc(F)c3)C2)c1. The normalized spacial score (nSPS) is 20.6. The molecule has 1 saturated heterocycles. The molecule has 0 radical (unpaired) electrons. The molecule has 2 heterocycles. The van der Waals surface area contributed by atoms with Gasteiger partial charge in [-0.15, -0.1) is 0 Å². The Morgan fingerprint density at radius 3 is 2.74 bits per heavy atom. The van der Waals surface area contributed by atoms with Gasteiger partial charge in [-0.3, -0.25) is 4.90 Å². The molecule has 0 unspecified atom stereocenters. The number of piperidine rings is 1. The maximum absolute atomic E-state index is 13.4. The summed E-state index contributed by atoms with van der Waals surface area (Å²) in [6.45, 7) is 4.97. The predicted molar refractivity (Wildman–Crippen MR) is 131 cm³/mol. The van der Waals surface area contributed by atoms with Gasteiger partial charge in [0.15, 0.2) is 0 Å². The van der Waals surface area contributed by atoms with Crippen LogP contribution >= 0.6 is 0 Å². The number of hydrogen-bond donors (Lipinski definition) is 2. The molecule has 7 nitrogen and oxygen atoms in total. The number of ether oxygens (including phenoxy) is 2. The first-order chi connectivity index (χ1) is 16.9. The van der Waals surface area contributed by atoms with E-state index in [1.54, 1.807) is 12.1 Å². The second-order valence-corrected chi connectivity index (χ2v) is 9.10. The zero-order valence-electron chi connectivity index (χ0n) is 20.1. The van der Waals surface area contributed by atoms with Crippen LogP contribution in [0.5, 0.6) is 11.5 Å². The van der Waals surface area contributed by atoms with Gasteiger partial charge < -0.3 is 24.3 Å². The van der Waals surface area contributed by atoms with Gasteiger partial charge >= 0.3 is 0 Å². The van der Waals surface area contributed by atoms with E-state index in [2.05, 4.69) is 21.4 Å². The van der Waals surface area contributed by atoms with Crippen LogP contribution in [0.25, 0.3) is 0 Å². The van der Waals surface area contributed by atoms with E-state index >= 15 is 0 Å². The molecule has 2 N–H and O–H groups in total. The van der Waals surface area contributed by atoms with Crippen molar-refractivity contribution >= 4 is 0 Å². The summed E-state index contributed by atoms with van der Waals surface area (Å²) in [6.07, 6.45) is 5.14. The van der Waals surface area contributed by atoms with E-state index in [0.717, 1.165) is 36.5 Å². The van der Waals surface area contributed by atoms with Gasteiger partial charge in [0.2, 0.25) is 0 Å². The molecule has 0 saturated carbocycles. The lowest BCUT2D eigenvalue weighted by Crippen LogP contribution is -2.59. The molecule has 1 aliphatic heterocycles. The third kappa shape index (κ3) is 6.81. The van der Waals surface area contributed by atoms with Crippen LogP contribution < -0.4 is 9.47 Å². The number of β-amino-alcohol motifs (C(OH)–C–C–N with tert-alkyl or cyclic N) is 1.